The molecule has 0 saturated carbocycles. The first-order valence-corrected chi connectivity index (χ1v) is 4.90. The molecule has 0 radical (unpaired) electrons. The van der Waals surface area contributed by atoms with Gasteiger partial charge in [-0.2, -0.15) is 0 Å². The van der Waals surface area contributed by atoms with Crippen molar-refractivity contribution in [2.45, 2.75) is 19.6 Å². The van der Waals surface area contributed by atoms with Gasteiger partial charge in [0.25, 0.3) is 0 Å². The minimum Gasteiger partial charge on any atom is -0.356 e. The molecule has 1 rings (SSSR count). The van der Waals surface area contributed by atoms with Crippen LogP contribution in [0.3, 0.4) is 0 Å². The number of ether oxygens (including phenoxy) is 2. The Hall–Kier alpha value is -1.19. The van der Waals surface area contributed by atoms with E-state index in [0.717, 1.165) is 12.0 Å². The van der Waals surface area contributed by atoms with Gasteiger partial charge < -0.3 is 9.47 Å². The molecule has 15 heavy (non-hydrogen) atoms. The van der Waals surface area contributed by atoms with Crippen LogP contribution < -0.4 is 0 Å². The standard InChI is InChI=1S/C12H17NO2/c1-10(6-7-12(14-2)15-3)11-5-4-8-13-9-11/h4-6,8-9,12H,7H2,1-3H3. The monoisotopic (exact) mass is 207 g/mol. The molecule has 0 aliphatic rings. The van der Waals surface area contributed by atoms with Gasteiger partial charge in [0.1, 0.15) is 0 Å². The molecule has 0 aliphatic heterocycles. The second kappa shape index (κ2) is 6.32. The highest BCUT2D eigenvalue weighted by molar-refractivity contribution is 5.62. The average Bonchev–Trinajstić information content (AvgIpc) is 2.31. The third-order valence-corrected chi connectivity index (χ3v) is 2.26. The van der Waals surface area contributed by atoms with Crippen LogP contribution >= 0.6 is 0 Å². The highest BCUT2D eigenvalue weighted by atomic mass is 16.7. The fraction of sp³-hybridized carbons (Fsp3) is 0.417. The molecule has 0 fully saturated rings. The highest BCUT2D eigenvalue weighted by Gasteiger charge is 2.02. The van der Waals surface area contributed by atoms with Crippen molar-refractivity contribution in [2.75, 3.05) is 14.2 Å². The molecule has 1 aromatic heterocycles. The summed E-state index contributed by atoms with van der Waals surface area (Å²) in [5.74, 6) is 0. The summed E-state index contributed by atoms with van der Waals surface area (Å²) in [5.41, 5.74) is 2.31. The molecular weight excluding hydrogens is 190 g/mol. The first kappa shape index (κ1) is 11.9. The Labute approximate surface area is 90.7 Å². The zero-order valence-corrected chi connectivity index (χ0v) is 9.43. The van der Waals surface area contributed by atoms with Crippen molar-refractivity contribution in [3.63, 3.8) is 0 Å². The lowest BCUT2D eigenvalue weighted by Crippen LogP contribution is -2.11. The van der Waals surface area contributed by atoms with Gasteiger partial charge in [-0.1, -0.05) is 12.1 Å². The van der Waals surface area contributed by atoms with E-state index in [1.165, 1.54) is 5.57 Å². The van der Waals surface area contributed by atoms with E-state index in [-0.39, 0.29) is 6.29 Å². The quantitative estimate of drug-likeness (QED) is 0.695. The number of methoxy groups -OCH3 is 2. The van der Waals surface area contributed by atoms with Gasteiger partial charge in [-0.05, 0) is 24.1 Å². The highest BCUT2D eigenvalue weighted by Crippen LogP contribution is 2.13. The van der Waals surface area contributed by atoms with Gasteiger partial charge in [0.2, 0.25) is 0 Å². The van der Waals surface area contributed by atoms with Crippen molar-refractivity contribution < 1.29 is 9.47 Å². The van der Waals surface area contributed by atoms with Crippen molar-refractivity contribution >= 4 is 5.57 Å². The first-order valence-electron chi connectivity index (χ1n) is 4.90. The molecule has 0 aromatic carbocycles. The van der Waals surface area contributed by atoms with E-state index in [1.54, 1.807) is 20.4 Å². The first-order chi connectivity index (χ1) is 7.27. The van der Waals surface area contributed by atoms with E-state index in [1.807, 2.05) is 18.3 Å². The van der Waals surface area contributed by atoms with E-state index in [0.29, 0.717) is 0 Å². The summed E-state index contributed by atoms with van der Waals surface area (Å²) < 4.78 is 10.2. The topological polar surface area (TPSA) is 31.4 Å². The minimum atomic E-state index is -0.170. The molecule has 0 unspecified atom stereocenters. The maximum atomic E-state index is 5.10. The second-order valence-electron chi connectivity index (χ2n) is 3.27. The zero-order valence-electron chi connectivity index (χ0n) is 9.43. The molecule has 1 aromatic rings. The van der Waals surface area contributed by atoms with Crippen LogP contribution in [0.4, 0.5) is 0 Å². The summed E-state index contributed by atoms with van der Waals surface area (Å²) in [6, 6.07) is 3.96. The number of pyridine rings is 1. The Morgan fingerprint density at radius 2 is 2.20 bits per heavy atom. The predicted molar refractivity (Wildman–Crippen MR) is 60.3 cm³/mol. The SMILES string of the molecule is COC(CC=C(C)c1cccnc1)OC. The minimum absolute atomic E-state index is 0.170. The van der Waals surface area contributed by atoms with Crippen molar-refractivity contribution in [1.29, 1.82) is 0 Å². The van der Waals surface area contributed by atoms with Crippen LogP contribution in [-0.4, -0.2) is 25.5 Å². The van der Waals surface area contributed by atoms with E-state index < -0.39 is 0 Å². The number of hydrogen-bond acceptors (Lipinski definition) is 3. The van der Waals surface area contributed by atoms with Gasteiger partial charge >= 0.3 is 0 Å². The number of allylic oxidation sites excluding steroid dienone is 1. The fourth-order valence-corrected chi connectivity index (χ4v) is 1.28. The van der Waals surface area contributed by atoms with Gasteiger partial charge in [-0.15, -0.1) is 0 Å². The lowest BCUT2D eigenvalue weighted by atomic mass is 10.1. The third-order valence-electron chi connectivity index (χ3n) is 2.26. The summed E-state index contributed by atoms with van der Waals surface area (Å²) >= 11 is 0. The summed E-state index contributed by atoms with van der Waals surface area (Å²) in [5, 5.41) is 0. The Morgan fingerprint density at radius 3 is 2.73 bits per heavy atom. The molecule has 0 saturated heterocycles. The van der Waals surface area contributed by atoms with E-state index in [4.69, 9.17) is 9.47 Å². The van der Waals surface area contributed by atoms with Crippen LogP contribution in [0.2, 0.25) is 0 Å². The maximum Gasteiger partial charge on any atom is 0.160 e. The molecule has 0 N–H and O–H groups in total. The molecule has 82 valence electrons. The van der Waals surface area contributed by atoms with Crippen LogP contribution in [-0.2, 0) is 9.47 Å². The van der Waals surface area contributed by atoms with Gasteiger partial charge in [0.05, 0.1) is 0 Å². The van der Waals surface area contributed by atoms with Crippen LogP contribution in [0.5, 0.6) is 0 Å². The number of aromatic nitrogens is 1. The molecule has 3 nitrogen and oxygen atoms in total. The van der Waals surface area contributed by atoms with Gasteiger partial charge in [-0.25, -0.2) is 0 Å². The Balaban J connectivity index is 2.60. The molecule has 0 spiro atoms. The normalized spacial score (nSPS) is 12.1. The van der Waals surface area contributed by atoms with Crippen molar-refractivity contribution in [3.05, 3.63) is 36.2 Å². The number of rotatable bonds is 5. The fourth-order valence-electron chi connectivity index (χ4n) is 1.28. The number of hydrogen-bond donors (Lipinski definition) is 0. The smallest absolute Gasteiger partial charge is 0.160 e. The lowest BCUT2D eigenvalue weighted by Gasteiger charge is -2.11. The molecule has 3 heteroatoms. The van der Waals surface area contributed by atoms with E-state index in [9.17, 15) is 0 Å². The van der Waals surface area contributed by atoms with Crippen molar-refractivity contribution in [2.24, 2.45) is 0 Å². The summed E-state index contributed by atoms with van der Waals surface area (Å²) in [6.07, 6.45) is 6.28. The van der Waals surface area contributed by atoms with Gasteiger partial charge in [-0.3, -0.25) is 4.98 Å². The number of nitrogens with zero attached hydrogens (tertiary/aromatic N) is 1. The Kier molecular flexibility index (Phi) is 5.01. The van der Waals surface area contributed by atoms with Crippen LogP contribution in [0.25, 0.3) is 5.57 Å². The zero-order chi connectivity index (χ0) is 11.1. The summed E-state index contributed by atoms with van der Waals surface area (Å²) in [7, 11) is 3.28. The predicted octanol–water partition coefficient (Wildman–Crippen LogP) is 2.49. The molecule has 0 aliphatic carbocycles. The Bertz CT molecular complexity index is 305. The molecule has 0 bridgehead atoms. The molecule has 0 atom stereocenters. The van der Waals surface area contributed by atoms with Crippen LogP contribution in [0, 0.1) is 0 Å². The molecule has 0 amide bonds. The lowest BCUT2D eigenvalue weighted by molar-refractivity contribution is -0.0985. The maximum absolute atomic E-state index is 5.10. The summed E-state index contributed by atoms with van der Waals surface area (Å²) in [6.45, 7) is 2.05. The largest absolute Gasteiger partial charge is 0.356 e. The summed E-state index contributed by atoms with van der Waals surface area (Å²) in [4.78, 5) is 4.07. The van der Waals surface area contributed by atoms with Gasteiger partial charge in [0, 0.05) is 33.0 Å². The van der Waals surface area contributed by atoms with Crippen molar-refractivity contribution in [3.8, 4) is 0 Å². The molecule has 1 heterocycles. The average molecular weight is 207 g/mol. The Morgan fingerprint density at radius 1 is 1.47 bits per heavy atom. The van der Waals surface area contributed by atoms with Crippen LogP contribution in [0.1, 0.15) is 18.9 Å². The van der Waals surface area contributed by atoms with Gasteiger partial charge in [0.15, 0.2) is 6.29 Å². The van der Waals surface area contributed by atoms with Crippen LogP contribution in [0.15, 0.2) is 30.6 Å². The van der Waals surface area contributed by atoms with E-state index in [2.05, 4.69) is 18.0 Å². The van der Waals surface area contributed by atoms with E-state index >= 15 is 0 Å². The second-order valence-corrected chi connectivity index (χ2v) is 3.27. The molecular formula is C12H17NO2. The third kappa shape index (κ3) is 3.81. The van der Waals surface area contributed by atoms with Crippen molar-refractivity contribution in [1.82, 2.24) is 4.98 Å².